The van der Waals surface area contributed by atoms with E-state index in [2.05, 4.69) is 4.98 Å². The highest BCUT2D eigenvalue weighted by Gasteiger charge is 2.23. The van der Waals surface area contributed by atoms with Gasteiger partial charge in [0.15, 0.2) is 0 Å². The predicted octanol–water partition coefficient (Wildman–Crippen LogP) is 0.972. The molecule has 17 heavy (non-hydrogen) atoms. The minimum atomic E-state index is -0.0693. The maximum Gasteiger partial charge on any atom is 0.270 e. The number of hydrogen-bond acceptors (Lipinski definition) is 2. The third-order valence-electron chi connectivity index (χ3n) is 2.89. The summed E-state index contributed by atoms with van der Waals surface area (Å²) in [5, 5.41) is 0.524. The van der Waals surface area contributed by atoms with Gasteiger partial charge in [0.25, 0.3) is 5.91 Å². The fourth-order valence-electron chi connectivity index (χ4n) is 1.89. The van der Waals surface area contributed by atoms with Gasteiger partial charge in [-0.3, -0.25) is 9.59 Å². The lowest BCUT2D eigenvalue weighted by Gasteiger charge is -2.33. The molecule has 5 nitrogen and oxygen atoms in total. The smallest absolute Gasteiger partial charge is 0.270 e. The lowest BCUT2D eigenvalue weighted by Crippen LogP contribution is -2.50. The van der Waals surface area contributed by atoms with Crippen molar-refractivity contribution in [3.63, 3.8) is 0 Å². The summed E-state index contributed by atoms with van der Waals surface area (Å²) >= 11 is 5.75. The van der Waals surface area contributed by atoms with Crippen LogP contribution in [0.25, 0.3) is 0 Å². The molecule has 2 amide bonds. The molecule has 0 aromatic carbocycles. The summed E-state index contributed by atoms with van der Waals surface area (Å²) in [6, 6.07) is 1.61. The van der Waals surface area contributed by atoms with Crippen LogP contribution in [0.5, 0.6) is 0 Å². The van der Waals surface area contributed by atoms with Crippen molar-refractivity contribution in [1.29, 1.82) is 0 Å². The summed E-state index contributed by atoms with van der Waals surface area (Å²) in [5.74, 6) is -0.0138. The van der Waals surface area contributed by atoms with Gasteiger partial charge in [-0.15, -0.1) is 0 Å². The van der Waals surface area contributed by atoms with Crippen LogP contribution in [0.15, 0.2) is 12.3 Å². The van der Waals surface area contributed by atoms with Crippen molar-refractivity contribution in [2.24, 2.45) is 0 Å². The van der Waals surface area contributed by atoms with Gasteiger partial charge in [-0.25, -0.2) is 0 Å². The van der Waals surface area contributed by atoms with Crippen molar-refractivity contribution in [1.82, 2.24) is 14.8 Å². The fourth-order valence-corrected chi connectivity index (χ4v) is 2.05. The molecule has 0 bridgehead atoms. The molecule has 1 fully saturated rings. The van der Waals surface area contributed by atoms with Crippen LogP contribution < -0.4 is 0 Å². The largest absolute Gasteiger partial charge is 0.356 e. The van der Waals surface area contributed by atoms with Gasteiger partial charge in [0, 0.05) is 39.3 Å². The Morgan fingerprint density at radius 3 is 2.29 bits per heavy atom. The summed E-state index contributed by atoms with van der Waals surface area (Å²) in [6.07, 6.45) is 1.58. The molecule has 1 aliphatic heterocycles. The van der Waals surface area contributed by atoms with E-state index in [1.807, 2.05) is 0 Å². The van der Waals surface area contributed by atoms with E-state index in [9.17, 15) is 9.59 Å². The van der Waals surface area contributed by atoms with Crippen LogP contribution in [0, 0.1) is 0 Å². The van der Waals surface area contributed by atoms with Crippen molar-refractivity contribution < 1.29 is 9.59 Å². The second-order valence-electron chi connectivity index (χ2n) is 4.03. The van der Waals surface area contributed by atoms with Gasteiger partial charge in [-0.1, -0.05) is 11.6 Å². The molecule has 1 aromatic rings. The molecule has 0 saturated carbocycles. The highest BCUT2D eigenvalue weighted by molar-refractivity contribution is 6.30. The molecule has 2 heterocycles. The van der Waals surface area contributed by atoms with Gasteiger partial charge in [-0.2, -0.15) is 0 Å². The van der Waals surface area contributed by atoms with Crippen molar-refractivity contribution in [3.05, 3.63) is 23.0 Å². The molecule has 1 saturated heterocycles. The number of nitrogens with one attached hydrogen (secondary N) is 1. The van der Waals surface area contributed by atoms with Crippen LogP contribution in [0.1, 0.15) is 17.4 Å². The molecule has 0 aliphatic carbocycles. The average molecular weight is 256 g/mol. The Bertz CT molecular complexity index is 436. The number of rotatable bonds is 1. The fraction of sp³-hybridized carbons (Fsp3) is 0.455. The Hall–Kier alpha value is -1.49. The van der Waals surface area contributed by atoms with Crippen LogP contribution in [-0.4, -0.2) is 52.8 Å². The number of carbonyl (C=O) groups excluding carboxylic acids is 2. The number of aromatic amines is 1. The standard InChI is InChI=1S/C11H14ClN3O2/c1-8(16)14-2-4-15(5-3-14)11(17)10-6-9(12)7-13-10/h6-7,13H,2-5H2,1H3. The SMILES string of the molecule is CC(=O)N1CCN(C(=O)c2cc(Cl)c[nH]2)CC1. The Morgan fingerprint density at radius 1 is 1.24 bits per heavy atom. The molecule has 6 heteroatoms. The average Bonchev–Trinajstić information content (AvgIpc) is 2.75. The zero-order chi connectivity index (χ0) is 12.4. The van der Waals surface area contributed by atoms with E-state index in [4.69, 9.17) is 11.6 Å². The molecule has 1 aromatic heterocycles. The molecule has 2 rings (SSSR count). The third-order valence-corrected chi connectivity index (χ3v) is 3.11. The lowest BCUT2D eigenvalue weighted by molar-refractivity contribution is -0.130. The molecular formula is C11H14ClN3O2. The maximum absolute atomic E-state index is 12.0. The first-order chi connectivity index (χ1) is 8.08. The lowest BCUT2D eigenvalue weighted by atomic mass is 10.3. The molecular weight excluding hydrogens is 242 g/mol. The minimum absolute atomic E-state index is 0.0556. The number of piperazine rings is 1. The first-order valence-corrected chi connectivity index (χ1v) is 5.84. The van der Waals surface area contributed by atoms with Crippen LogP contribution in [0.3, 0.4) is 0 Å². The quantitative estimate of drug-likeness (QED) is 0.813. The summed E-state index contributed by atoms with van der Waals surface area (Å²) in [6.45, 7) is 3.86. The zero-order valence-corrected chi connectivity index (χ0v) is 10.3. The van der Waals surface area contributed by atoms with Crippen molar-refractivity contribution in [3.8, 4) is 0 Å². The van der Waals surface area contributed by atoms with Crippen molar-refractivity contribution >= 4 is 23.4 Å². The monoisotopic (exact) mass is 255 g/mol. The molecule has 0 atom stereocenters. The Labute approximate surface area is 104 Å². The summed E-state index contributed by atoms with van der Waals surface area (Å²) in [7, 11) is 0. The van der Waals surface area contributed by atoms with Gasteiger partial charge in [0.2, 0.25) is 5.91 Å². The number of H-pyrrole nitrogens is 1. The molecule has 92 valence electrons. The van der Waals surface area contributed by atoms with Crippen LogP contribution in [0.2, 0.25) is 5.02 Å². The second kappa shape index (κ2) is 4.79. The molecule has 0 spiro atoms. The molecule has 1 N–H and O–H groups in total. The van der Waals surface area contributed by atoms with E-state index >= 15 is 0 Å². The minimum Gasteiger partial charge on any atom is -0.356 e. The number of aromatic nitrogens is 1. The van der Waals surface area contributed by atoms with Gasteiger partial charge in [0.05, 0.1) is 5.02 Å². The molecule has 0 radical (unpaired) electrons. The van der Waals surface area contributed by atoms with E-state index < -0.39 is 0 Å². The maximum atomic E-state index is 12.0. The second-order valence-corrected chi connectivity index (χ2v) is 4.47. The van der Waals surface area contributed by atoms with Crippen molar-refractivity contribution in [2.75, 3.05) is 26.2 Å². The highest BCUT2D eigenvalue weighted by atomic mass is 35.5. The summed E-state index contributed by atoms with van der Waals surface area (Å²) in [5.41, 5.74) is 0.492. The molecule has 0 unspecified atom stereocenters. The van der Waals surface area contributed by atoms with Gasteiger partial charge in [0.1, 0.15) is 5.69 Å². The Morgan fingerprint density at radius 2 is 1.82 bits per heavy atom. The van der Waals surface area contributed by atoms with E-state index in [0.717, 1.165) is 0 Å². The summed E-state index contributed by atoms with van der Waals surface area (Å²) < 4.78 is 0. The van der Waals surface area contributed by atoms with Crippen LogP contribution >= 0.6 is 11.6 Å². The van der Waals surface area contributed by atoms with Crippen molar-refractivity contribution in [2.45, 2.75) is 6.92 Å². The van der Waals surface area contributed by atoms with Gasteiger partial charge in [-0.05, 0) is 6.07 Å². The van der Waals surface area contributed by atoms with E-state index in [1.54, 1.807) is 29.0 Å². The van der Waals surface area contributed by atoms with Crippen LogP contribution in [0.4, 0.5) is 0 Å². The predicted molar refractivity (Wildman–Crippen MR) is 64.0 cm³/mol. The number of halogens is 1. The molecule has 1 aliphatic rings. The number of amides is 2. The Balaban J connectivity index is 1.97. The zero-order valence-electron chi connectivity index (χ0n) is 9.57. The Kier molecular flexibility index (Phi) is 3.38. The van der Waals surface area contributed by atoms with Gasteiger partial charge < -0.3 is 14.8 Å². The first-order valence-electron chi connectivity index (χ1n) is 5.46. The number of hydrogen-bond donors (Lipinski definition) is 1. The highest BCUT2D eigenvalue weighted by Crippen LogP contribution is 2.13. The summed E-state index contributed by atoms with van der Waals surface area (Å²) in [4.78, 5) is 29.5. The van der Waals surface area contributed by atoms with E-state index in [-0.39, 0.29) is 11.8 Å². The van der Waals surface area contributed by atoms with Gasteiger partial charge >= 0.3 is 0 Å². The first kappa shape index (κ1) is 12.0. The number of nitrogens with zero attached hydrogens (tertiary/aromatic N) is 2. The van der Waals surface area contributed by atoms with E-state index in [1.165, 1.54) is 0 Å². The topological polar surface area (TPSA) is 56.4 Å². The number of carbonyl (C=O) groups is 2. The van der Waals surface area contributed by atoms with Crippen LogP contribution in [-0.2, 0) is 4.79 Å². The third kappa shape index (κ3) is 2.61. The normalized spacial score (nSPS) is 16.1. The van der Waals surface area contributed by atoms with E-state index in [0.29, 0.717) is 36.9 Å².